The molecule has 2 aliphatic heterocycles. The van der Waals surface area contributed by atoms with Crippen LogP contribution in [0.5, 0.6) is 5.75 Å². The van der Waals surface area contributed by atoms with Crippen LogP contribution in [0.15, 0.2) is 47.7 Å². The maximum atomic E-state index is 13.6. The predicted molar refractivity (Wildman–Crippen MR) is 109 cm³/mol. The largest absolute Gasteiger partial charge is 0.486 e. The molecule has 1 aromatic heterocycles. The Balaban J connectivity index is 1.64. The molecular weight excluding hydrogens is 371 g/mol. The van der Waals surface area contributed by atoms with Crippen LogP contribution in [0.1, 0.15) is 24.1 Å². The van der Waals surface area contributed by atoms with E-state index < -0.39 is 6.29 Å². The Morgan fingerprint density at radius 2 is 2.24 bits per heavy atom. The van der Waals surface area contributed by atoms with E-state index in [-0.39, 0.29) is 17.6 Å². The molecule has 0 bridgehead atoms. The Morgan fingerprint density at radius 1 is 1.34 bits per heavy atom. The fourth-order valence-electron chi connectivity index (χ4n) is 3.38. The highest BCUT2D eigenvalue weighted by atomic mass is 19.1. The lowest BCUT2D eigenvalue weighted by atomic mass is 10.1. The van der Waals surface area contributed by atoms with Crippen LogP contribution in [0.4, 0.5) is 10.1 Å². The third-order valence-corrected chi connectivity index (χ3v) is 4.88. The zero-order valence-corrected chi connectivity index (χ0v) is 15.8. The van der Waals surface area contributed by atoms with Crippen molar-refractivity contribution < 1.29 is 9.13 Å². The van der Waals surface area contributed by atoms with Crippen molar-refractivity contribution in [2.45, 2.75) is 25.2 Å². The first-order valence-electron chi connectivity index (χ1n) is 9.46. The number of rotatable bonds is 4. The van der Waals surface area contributed by atoms with E-state index in [1.807, 2.05) is 0 Å². The molecule has 2 unspecified atom stereocenters. The maximum Gasteiger partial charge on any atom is 0.182 e. The first kappa shape index (κ1) is 19.1. The molecule has 7 nitrogen and oxygen atoms in total. The molecule has 0 amide bonds. The van der Waals surface area contributed by atoms with E-state index in [0.717, 1.165) is 31.5 Å². The quantitative estimate of drug-likeness (QED) is 0.829. The Bertz CT molecular complexity index is 993. The molecule has 29 heavy (non-hydrogen) atoms. The molecule has 0 spiro atoms. The van der Waals surface area contributed by atoms with Crippen molar-refractivity contribution in [3.63, 3.8) is 0 Å². The summed E-state index contributed by atoms with van der Waals surface area (Å²) in [6, 6.07) is 10.1. The van der Waals surface area contributed by atoms with Gasteiger partial charge in [0.05, 0.1) is 11.9 Å². The maximum absolute atomic E-state index is 13.6. The van der Waals surface area contributed by atoms with Crippen molar-refractivity contribution in [3.05, 3.63) is 59.8 Å². The van der Waals surface area contributed by atoms with Gasteiger partial charge in [0.15, 0.2) is 17.7 Å². The predicted octanol–water partition coefficient (Wildman–Crippen LogP) is 2.40. The molecular formula is C21H21FN6O. The number of piperidine rings is 1. The average Bonchev–Trinajstić information content (AvgIpc) is 2.75. The fraction of sp³-hybridized carbons (Fsp3) is 0.286. The molecule has 0 radical (unpaired) electrons. The smallest absolute Gasteiger partial charge is 0.182 e. The van der Waals surface area contributed by atoms with Crippen LogP contribution in [0.2, 0.25) is 0 Å². The molecule has 0 aliphatic carbocycles. The van der Waals surface area contributed by atoms with E-state index in [4.69, 9.17) is 10.5 Å². The molecule has 3 N–H and O–H groups in total. The van der Waals surface area contributed by atoms with Gasteiger partial charge in [-0.05, 0) is 37.1 Å². The van der Waals surface area contributed by atoms with Crippen LogP contribution < -0.4 is 20.7 Å². The summed E-state index contributed by atoms with van der Waals surface area (Å²) in [7, 11) is 0. The van der Waals surface area contributed by atoms with Crippen molar-refractivity contribution in [2.75, 3.05) is 18.0 Å². The summed E-state index contributed by atoms with van der Waals surface area (Å²) in [6.07, 6.45) is 6.24. The van der Waals surface area contributed by atoms with Crippen molar-refractivity contribution in [1.82, 2.24) is 10.3 Å². The second-order valence-corrected chi connectivity index (χ2v) is 6.93. The van der Waals surface area contributed by atoms with Gasteiger partial charge < -0.3 is 15.0 Å². The Morgan fingerprint density at radius 3 is 3.00 bits per heavy atom. The number of hydrogen-bond acceptors (Lipinski definition) is 7. The minimum atomic E-state index is -0.661. The number of anilines is 1. The molecule has 1 fully saturated rings. The number of allylic oxidation sites excluding steroid dienone is 1. The summed E-state index contributed by atoms with van der Waals surface area (Å²) >= 11 is 0. The highest BCUT2D eigenvalue weighted by Crippen LogP contribution is 2.29. The summed E-state index contributed by atoms with van der Waals surface area (Å²) < 4.78 is 19.7. The molecule has 2 aromatic rings. The number of pyridine rings is 1. The molecule has 4 rings (SSSR count). The van der Waals surface area contributed by atoms with E-state index in [9.17, 15) is 9.65 Å². The summed E-state index contributed by atoms with van der Waals surface area (Å²) in [5, 5.41) is 12.7. The van der Waals surface area contributed by atoms with E-state index >= 15 is 0 Å². The zero-order chi connectivity index (χ0) is 20.2. The second-order valence-electron chi connectivity index (χ2n) is 6.93. The summed E-state index contributed by atoms with van der Waals surface area (Å²) in [5.74, 6) is 0.0937. The van der Waals surface area contributed by atoms with Crippen molar-refractivity contribution in [3.8, 4) is 11.8 Å². The first-order chi connectivity index (χ1) is 14.1. The number of nitrogens with one attached hydrogen (secondary N) is 1. The third kappa shape index (κ3) is 4.26. The first-order valence-corrected chi connectivity index (χ1v) is 9.46. The van der Waals surface area contributed by atoms with Gasteiger partial charge in [-0.3, -0.25) is 10.7 Å². The number of aliphatic imine (C=N–C) groups is 1. The number of ether oxygens (including phenoxy) is 1. The van der Waals surface area contributed by atoms with Gasteiger partial charge in [-0.2, -0.15) is 5.26 Å². The van der Waals surface area contributed by atoms with Gasteiger partial charge in [-0.25, -0.2) is 9.37 Å². The van der Waals surface area contributed by atoms with Gasteiger partial charge in [0.25, 0.3) is 0 Å². The summed E-state index contributed by atoms with van der Waals surface area (Å²) in [6.45, 7) is 1.70. The third-order valence-electron chi connectivity index (χ3n) is 4.88. The van der Waals surface area contributed by atoms with Crippen LogP contribution in [-0.4, -0.2) is 36.7 Å². The number of nitrogens with zero attached hydrogens (tertiary/aromatic N) is 4. The minimum absolute atomic E-state index is 0.0145. The fourth-order valence-corrected chi connectivity index (χ4v) is 3.38. The highest BCUT2D eigenvalue weighted by Gasteiger charge is 2.21. The number of halogens is 1. The highest BCUT2D eigenvalue weighted by molar-refractivity contribution is 6.11. The zero-order valence-electron chi connectivity index (χ0n) is 15.8. The van der Waals surface area contributed by atoms with Crippen LogP contribution in [0.3, 0.4) is 0 Å². The van der Waals surface area contributed by atoms with Crippen molar-refractivity contribution in [2.24, 2.45) is 10.7 Å². The van der Waals surface area contributed by atoms with Crippen LogP contribution in [0.25, 0.3) is 5.57 Å². The molecule has 1 saturated heterocycles. The molecule has 0 saturated carbocycles. The van der Waals surface area contributed by atoms with Crippen molar-refractivity contribution >= 4 is 17.5 Å². The molecule has 2 aliphatic rings. The van der Waals surface area contributed by atoms with Crippen molar-refractivity contribution in [1.29, 1.82) is 5.26 Å². The topological polar surface area (TPSA) is 99.6 Å². The number of hydrogen-bond donors (Lipinski definition) is 2. The Kier molecular flexibility index (Phi) is 5.51. The summed E-state index contributed by atoms with van der Waals surface area (Å²) in [4.78, 5) is 10.3. The van der Waals surface area contributed by atoms with Crippen LogP contribution in [0, 0.1) is 17.1 Å². The molecule has 2 atom stereocenters. The van der Waals surface area contributed by atoms with E-state index in [0.29, 0.717) is 17.0 Å². The van der Waals surface area contributed by atoms with E-state index in [1.54, 1.807) is 41.7 Å². The van der Waals surface area contributed by atoms with E-state index in [1.165, 1.54) is 12.1 Å². The lowest BCUT2D eigenvalue weighted by Gasteiger charge is -2.29. The molecule has 1 aromatic carbocycles. The average molecular weight is 392 g/mol. The van der Waals surface area contributed by atoms with Gasteiger partial charge >= 0.3 is 0 Å². The number of nitrogens with two attached hydrogens (primary N) is 1. The Labute approximate surface area is 168 Å². The summed E-state index contributed by atoms with van der Waals surface area (Å²) in [5.41, 5.74) is 8.43. The molecule has 3 heterocycles. The monoisotopic (exact) mass is 392 g/mol. The van der Waals surface area contributed by atoms with Gasteiger partial charge in [0.1, 0.15) is 18.0 Å². The lowest BCUT2D eigenvalue weighted by Crippen LogP contribution is -2.39. The van der Waals surface area contributed by atoms with Gasteiger partial charge in [0.2, 0.25) is 0 Å². The normalized spacial score (nSPS) is 21.4. The van der Waals surface area contributed by atoms with Crippen LogP contribution >= 0.6 is 0 Å². The SMILES string of the molecule is N#Cc1ncc(N2C=C(c3cccc(F)c3)C=NC2N)cc1OC1CCCNC1. The lowest BCUT2D eigenvalue weighted by molar-refractivity contribution is 0.166. The van der Waals surface area contributed by atoms with Gasteiger partial charge in [0, 0.05) is 30.6 Å². The standard InChI is InChI=1S/C21H21FN6O/c22-16-4-1-3-14(7-16)15-10-27-21(24)28(13-15)17-8-20(19(9-23)26-11-17)29-18-5-2-6-25-12-18/h1,3-4,7-8,10-11,13,18,21,25H,2,5-6,12,24H2. The van der Waals surface area contributed by atoms with Gasteiger partial charge in [-0.15, -0.1) is 0 Å². The Hall–Kier alpha value is -3.28. The van der Waals surface area contributed by atoms with E-state index in [2.05, 4.69) is 21.4 Å². The molecule has 8 heteroatoms. The minimum Gasteiger partial charge on any atom is -0.486 e. The number of nitriles is 1. The molecule has 148 valence electrons. The van der Waals surface area contributed by atoms with Crippen LogP contribution in [-0.2, 0) is 0 Å². The number of benzene rings is 1. The van der Waals surface area contributed by atoms with Gasteiger partial charge in [-0.1, -0.05) is 12.1 Å². The second kappa shape index (κ2) is 8.39. The number of aromatic nitrogens is 1.